The van der Waals surface area contributed by atoms with Crippen LogP contribution in [-0.4, -0.2) is 35.2 Å². The molecule has 0 unspecified atom stereocenters. The van der Waals surface area contributed by atoms with Crippen LogP contribution in [-0.2, 0) is 20.7 Å². The van der Waals surface area contributed by atoms with Gasteiger partial charge in [0.2, 0.25) is 0 Å². The molecule has 5 heteroatoms. The van der Waals surface area contributed by atoms with E-state index < -0.39 is 23.6 Å². The molecule has 0 aromatic heterocycles. The van der Waals surface area contributed by atoms with Crippen LogP contribution in [0.15, 0.2) is 78.6 Å². The summed E-state index contributed by atoms with van der Waals surface area (Å²) in [6.07, 6.45) is 5.02. The summed E-state index contributed by atoms with van der Waals surface area (Å²) in [5, 5.41) is 0. The molecule has 2 aromatic rings. The lowest BCUT2D eigenvalue weighted by Crippen LogP contribution is -2.44. The van der Waals surface area contributed by atoms with Crippen molar-refractivity contribution in [2.24, 2.45) is 0 Å². The zero-order chi connectivity index (χ0) is 21.6. The van der Waals surface area contributed by atoms with Crippen LogP contribution in [0.3, 0.4) is 0 Å². The average molecular weight is 405 g/mol. The second kappa shape index (κ2) is 9.44. The maximum absolute atomic E-state index is 12.7. The number of hydrogen-bond acceptors (Lipinski definition) is 4. The van der Waals surface area contributed by atoms with E-state index in [4.69, 9.17) is 9.47 Å². The number of rotatable bonds is 6. The summed E-state index contributed by atoms with van der Waals surface area (Å²) in [7, 11) is 0. The van der Waals surface area contributed by atoms with E-state index in [0.717, 1.165) is 16.0 Å². The molecule has 1 aliphatic heterocycles. The van der Waals surface area contributed by atoms with Gasteiger partial charge in [0, 0.05) is 12.5 Å². The Bertz CT molecular complexity index is 927. The fourth-order valence-electron chi connectivity index (χ4n) is 3.16. The van der Waals surface area contributed by atoms with Gasteiger partial charge in [-0.1, -0.05) is 66.7 Å². The minimum atomic E-state index is -0.698. The second-order valence-corrected chi connectivity index (χ2v) is 8.06. The number of amides is 2. The molecule has 0 bridgehead atoms. The molecule has 3 rings (SSSR count). The maximum Gasteiger partial charge on any atom is 0.418 e. The third-order valence-electron chi connectivity index (χ3n) is 4.46. The monoisotopic (exact) mass is 405 g/mol. The van der Waals surface area contributed by atoms with Crippen molar-refractivity contribution in [3.63, 3.8) is 0 Å². The standard InChI is InChI=1S/C25H27NO4/c1-25(2,3)30-24(28)26-21(17-20-13-8-5-9-14-20)22(18-23(26)27)29-16-10-15-19-11-6-4-7-12-19/h4-15,18,21H,16-17H2,1-3H3/b15-10+/t21-/m0/s1. The van der Waals surface area contributed by atoms with Crippen LogP contribution in [0.25, 0.3) is 6.08 Å². The van der Waals surface area contributed by atoms with E-state index in [1.54, 1.807) is 20.8 Å². The molecule has 2 amide bonds. The number of nitrogens with zero attached hydrogens (tertiary/aromatic N) is 1. The highest BCUT2D eigenvalue weighted by molar-refractivity contribution is 6.02. The van der Waals surface area contributed by atoms with Gasteiger partial charge in [-0.3, -0.25) is 4.79 Å². The number of imide groups is 1. The second-order valence-electron chi connectivity index (χ2n) is 8.06. The summed E-state index contributed by atoms with van der Waals surface area (Å²) in [6, 6.07) is 19.0. The van der Waals surface area contributed by atoms with Crippen LogP contribution in [0.2, 0.25) is 0 Å². The van der Waals surface area contributed by atoms with Gasteiger partial charge in [-0.25, -0.2) is 9.69 Å². The number of ether oxygens (including phenoxy) is 2. The molecule has 30 heavy (non-hydrogen) atoms. The summed E-state index contributed by atoms with van der Waals surface area (Å²) < 4.78 is 11.3. The lowest BCUT2D eigenvalue weighted by Gasteiger charge is -2.28. The van der Waals surface area contributed by atoms with Gasteiger partial charge in [-0.05, 0) is 38.0 Å². The molecule has 1 heterocycles. The highest BCUT2D eigenvalue weighted by Gasteiger charge is 2.40. The molecular weight excluding hydrogens is 378 g/mol. The summed E-state index contributed by atoms with van der Waals surface area (Å²) in [4.78, 5) is 26.5. The van der Waals surface area contributed by atoms with E-state index in [-0.39, 0.29) is 0 Å². The summed E-state index contributed by atoms with van der Waals surface area (Å²) in [5.41, 5.74) is 1.37. The molecular formula is C25H27NO4. The van der Waals surface area contributed by atoms with Crippen molar-refractivity contribution in [3.8, 4) is 0 Å². The van der Waals surface area contributed by atoms with Gasteiger partial charge >= 0.3 is 6.09 Å². The molecule has 0 fully saturated rings. The van der Waals surface area contributed by atoms with Crippen molar-refractivity contribution in [1.29, 1.82) is 0 Å². The van der Waals surface area contributed by atoms with Crippen LogP contribution in [0, 0.1) is 0 Å². The van der Waals surface area contributed by atoms with Gasteiger partial charge in [-0.2, -0.15) is 0 Å². The molecule has 0 radical (unpaired) electrons. The van der Waals surface area contributed by atoms with Crippen molar-refractivity contribution in [2.45, 2.75) is 38.8 Å². The number of hydrogen-bond donors (Lipinski definition) is 0. The van der Waals surface area contributed by atoms with E-state index in [1.165, 1.54) is 6.08 Å². The van der Waals surface area contributed by atoms with E-state index >= 15 is 0 Å². The zero-order valence-corrected chi connectivity index (χ0v) is 17.6. The largest absolute Gasteiger partial charge is 0.491 e. The minimum Gasteiger partial charge on any atom is -0.491 e. The number of carbonyl (C=O) groups is 2. The molecule has 0 saturated carbocycles. The Hall–Kier alpha value is -3.34. The molecule has 0 saturated heterocycles. The van der Waals surface area contributed by atoms with Gasteiger partial charge in [0.1, 0.15) is 24.0 Å². The molecule has 156 valence electrons. The average Bonchev–Trinajstić information content (AvgIpc) is 3.00. The highest BCUT2D eigenvalue weighted by atomic mass is 16.6. The Kier molecular flexibility index (Phi) is 6.72. The minimum absolute atomic E-state index is 0.293. The zero-order valence-electron chi connectivity index (χ0n) is 17.6. The fraction of sp³-hybridized carbons (Fsp3) is 0.280. The van der Waals surface area contributed by atoms with Gasteiger partial charge in [-0.15, -0.1) is 0 Å². The third kappa shape index (κ3) is 5.83. The summed E-state index contributed by atoms with van der Waals surface area (Å²) in [5.74, 6) is 0.0413. The van der Waals surface area contributed by atoms with Crippen LogP contribution in [0.5, 0.6) is 0 Å². The van der Waals surface area contributed by atoms with Crippen LogP contribution in [0.1, 0.15) is 31.9 Å². The molecule has 1 aliphatic rings. The molecule has 0 N–H and O–H groups in total. The predicted molar refractivity (Wildman–Crippen MR) is 117 cm³/mol. The Balaban J connectivity index is 1.74. The topological polar surface area (TPSA) is 55.8 Å². The Morgan fingerprint density at radius 3 is 2.30 bits per heavy atom. The van der Waals surface area contributed by atoms with Crippen LogP contribution in [0.4, 0.5) is 4.79 Å². The van der Waals surface area contributed by atoms with Crippen molar-refractivity contribution >= 4 is 18.1 Å². The number of carbonyl (C=O) groups excluding carboxylic acids is 2. The molecule has 5 nitrogen and oxygen atoms in total. The van der Waals surface area contributed by atoms with Crippen molar-refractivity contribution in [1.82, 2.24) is 4.90 Å². The quantitative estimate of drug-likeness (QED) is 0.679. The highest BCUT2D eigenvalue weighted by Crippen LogP contribution is 2.26. The Morgan fingerprint density at radius 1 is 1.03 bits per heavy atom. The first-order chi connectivity index (χ1) is 14.3. The van der Waals surface area contributed by atoms with Crippen LogP contribution >= 0.6 is 0 Å². The van der Waals surface area contributed by atoms with E-state index in [2.05, 4.69) is 0 Å². The lowest BCUT2D eigenvalue weighted by atomic mass is 10.0. The van der Waals surface area contributed by atoms with Crippen molar-refractivity contribution in [3.05, 3.63) is 89.7 Å². The van der Waals surface area contributed by atoms with E-state index in [9.17, 15) is 9.59 Å². The van der Waals surface area contributed by atoms with Gasteiger partial charge in [0.15, 0.2) is 0 Å². The summed E-state index contributed by atoms with van der Waals surface area (Å²) in [6.45, 7) is 5.62. The fourth-order valence-corrected chi connectivity index (χ4v) is 3.16. The third-order valence-corrected chi connectivity index (χ3v) is 4.46. The van der Waals surface area contributed by atoms with Gasteiger partial charge in [0.25, 0.3) is 5.91 Å². The first-order valence-electron chi connectivity index (χ1n) is 9.99. The lowest BCUT2D eigenvalue weighted by molar-refractivity contribution is -0.125. The SMILES string of the molecule is CC(C)(C)OC(=O)N1C(=O)C=C(OC/C=C/c2ccccc2)[C@@H]1Cc1ccccc1. The first-order valence-corrected chi connectivity index (χ1v) is 9.99. The van der Waals surface area contributed by atoms with E-state index in [0.29, 0.717) is 18.8 Å². The first kappa shape index (κ1) is 21.4. The predicted octanol–water partition coefficient (Wildman–Crippen LogP) is 4.99. The Morgan fingerprint density at radius 2 is 1.67 bits per heavy atom. The summed E-state index contributed by atoms with van der Waals surface area (Å²) >= 11 is 0. The maximum atomic E-state index is 12.7. The molecule has 0 aliphatic carbocycles. The number of benzene rings is 2. The molecule has 0 spiro atoms. The normalized spacial score (nSPS) is 16.6. The van der Waals surface area contributed by atoms with Crippen molar-refractivity contribution < 1.29 is 19.1 Å². The molecule has 1 atom stereocenters. The van der Waals surface area contributed by atoms with Crippen molar-refractivity contribution in [2.75, 3.05) is 6.61 Å². The van der Waals surface area contributed by atoms with Crippen LogP contribution < -0.4 is 0 Å². The van der Waals surface area contributed by atoms with Gasteiger partial charge in [0.05, 0.1) is 0 Å². The smallest absolute Gasteiger partial charge is 0.418 e. The molecule has 2 aromatic carbocycles. The van der Waals surface area contributed by atoms with Gasteiger partial charge < -0.3 is 9.47 Å². The Labute approximate surface area is 177 Å². The van der Waals surface area contributed by atoms with E-state index in [1.807, 2.05) is 72.8 Å².